The Morgan fingerprint density at radius 1 is 1.28 bits per heavy atom. The van der Waals surface area contributed by atoms with E-state index in [2.05, 4.69) is 15.3 Å². The zero-order valence-electron chi connectivity index (χ0n) is 15.0. The Kier molecular flexibility index (Phi) is 5.57. The van der Waals surface area contributed by atoms with E-state index in [0.717, 1.165) is 32.5 Å². The van der Waals surface area contributed by atoms with Crippen LogP contribution in [0.5, 0.6) is 5.88 Å². The fourth-order valence-corrected chi connectivity index (χ4v) is 3.26. The van der Waals surface area contributed by atoms with Gasteiger partial charge in [-0.1, -0.05) is 6.42 Å². The summed E-state index contributed by atoms with van der Waals surface area (Å²) in [6.45, 7) is 4.48. The van der Waals surface area contributed by atoms with Crippen LogP contribution in [-0.2, 0) is 11.8 Å². The lowest BCUT2D eigenvalue weighted by molar-refractivity contribution is -0.127. The summed E-state index contributed by atoms with van der Waals surface area (Å²) in [7, 11) is 3.30. The number of carbonyl (C=O) groups is 2. The first-order chi connectivity index (χ1) is 12.1. The summed E-state index contributed by atoms with van der Waals surface area (Å²) in [6.07, 6.45) is 4.94. The first-order valence-electron chi connectivity index (χ1n) is 8.95. The number of aryl methyl sites for hydroxylation is 1. The maximum atomic E-state index is 12.6. The smallest absolute Gasteiger partial charge is 0.261 e. The Balaban J connectivity index is 1.42. The fraction of sp³-hybridized carbons (Fsp3) is 0.706. The van der Waals surface area contributed by atoms with Crippen molar-refractivity contribution in [1.29, 1.82) is 0 Å². The molecule has 1 aromatic heterocycles. The van der Waals surface area contributed by atoms with Crippen LogP contribution in [0.4, 0.5) is 0 Å². The second kappa shape index (κ2) is 7.86. The number of carbonyl (C=O) groups excluding carboxylic acids is 2. The van der Waals surface area contributed by atoms with Crippen molar-refractivity contribution < 1.29 is 14.3 Å². The number of methoxy groups -OCH3 is 1. The second-order valence-electron chi connectivity index (χ2n) is 6.78. The minimum atomic E-state index is -0.0390. The van der Waals surface area contributed by atoms with Crippen molar-refractivity contribution in [2.45, 2.75) is 19.3 Å². The lowest BCUT2D eigenvalue weighted by Gasteiger charge is -2.34. The van der Waals surface area contributed by atoms with Crippen LogP contribution in [0.1, 0.15) is 29.6 Å². The predicted molar refractivity (Wildman–Crippen MR) is 92.5 cm³/mol. The molecule has 2 amide bonds. The van der Waals surface area contributed by atoms with Gasteiger partial charge in [-0.25, -0.2) is 0 Å². The van der Waals surface area contributed by atoms with Gasteiger partial charge in [0.2, 0.25) is 11.8 Å². The van der Waals surface area contributed by atoms with Crippen LogP contribution in [0.3, 0.4) is 0 Å². The molecule has 138 valence electrons. The molecule has 2 heterocycles. The summed E-state index contributed by atoms with van der Waals surface area (Å²) in [5.41, 5.74) is 0.506. The van der Waals surface area contributed by atoms with Gasteiger partial charge in [0, 0.05) is 58.4 Å². The second-order valence-corrected chi connectivity index (χ2v) is 6.78. The Bertz CT molecular complexity index is 618. The molecule has 2 fully saturated rings. The van der Waals surface area contributed by atoms with Crippen molar-refractivity contribution in [3.63, 3.8) is 0 Å². The molecule has 1 aliphatic heterocycles. The molecule has 2 aliphatic rings. The topological polar surface area (TPSA) is 79.7 Å². The van der Waals surface area contributed by atoms with Crippen LogP contribution in [0, 0.1) is 5.92 Å². The summed E-state index contributed by atoms with van der Waals surface area (Å²) >= 11 is 0. The first kappa shape index (κ1) is 17.7. The lowest BCUT2D eigenvalue weighted by atomic mass is 9.85. The monoisotopic (exact) mass is 349 g/mol. The summed E-state index contributed by atoms with van der Waals surface area (Å²) in [6, 6.07) is 0. The Morgan fingerprint density at radius 3 is 2.60 bits per heavy atom. The molecule has 0 atom stereocenters. The molecule has 0 aromatic carbocycles. The maximum Gasteiger partial charge on any atom is 0.261 e. The van der Waals surface area contributed by atoms with Crippen molar-refractivity contribution in [3.05, 3.63) is 11.8 Å². The third-order valence-electron chi connectivity index (χ3n) is 5.08. The van der Waals surface area contributed by atoms with Gasteiger partial charge in [-0.05, 0) is 12.8 Å². The van der Waals surface area contributed by atoms with Crippen LogP contribution in [-0.4, -0.2) is 77.8 Å². The van der Waals surface area contributed by atoms with Gasteiger partial charge >= 0.3 is 0 Å². The van der Waals surface area contributed by atoms with Crippen LogP contribution >= 0.6 is 0 Å². The number of aromatic nitrogens is 2. The zero-order chi connectivity index (χ0) is 17.8. The van der Waals surface area contributed by atoms with Gasteiger partial charge in [0.25, 0.3) is 5.91 Å². The molecule has 1 aromatic rings. The Hall–Kier alpha value is -2.09. The first-order valence-corrected chi connectivity index (χ1v) is 8.95. The average molecular weight is 349 g/mol. The highest BCUT2D eigenvalue weighted by molar-refractivity contribution is 5.96. The van der Waals surface area contributed by atoms with Crippen molar-refractivity contribution in [2.24, 2.45) is 13.0 Å². The van der Waals surface area contributed by atoms with Crippen molar-refractivity contribution in [3.8, 4) is 5.88 Å². The van der Waals surface area contributed by atoms with E-state index >= 15 is 0 Å². The standard InChI is InChI=1S/C17H27N5O3/c1-20-12-14(16(19-20)25-2)17(24)22-10-8-21(9-11-22)7-6-18-15(23)13-4-3-5-13/h12-13H,3-11H2,1-2H3,(H,18,23). The number of rotatable bonds is 6. The molecule has 0 radical (unpaired) electrons. The molecule has 0 spiro atoms. The SMILES string of the molecule is COc1nn(C)cc1C(=O)N1CCN(CCNC(=O)C2CCC2)CC1. The van der Waals surface area contributed by atoms with Crippen molar-refractivity contribution in [2.75, 3.05) is 46.4 Å². The van der Waals surface area contributed by atoms with Crippen LogP contribution < -0.4 is 10.1 Å². The van der Waals surface area contributed by atoms with Crippen LogP contribution in [0.15, 0.2) is 6.20 Å². The molecule has 1 N–H and O–H groups in total. The van der Waals surface area contributed by atoms with Crippen molar-refractivity contribution in [1.82, 2.24) is 24.9 Å². The third kappa shape index (κ3) is 4.12. The molecule has 0 unspecified atom stereocenters. The molecule has 1 saturated carbocycles. The van der Waals surface area contributed by atoms with Gasteiger partial charge < -0.3 is 15.0 Å². The molecular weight excluding hydrogens is 322 g/mol. The normalized spacial score (nSPS) is 18.7. The van der Waals surface area contributed by atoms with E-state index in [4.69, 9.17) is 4.74 Å². The number of piperazine rings is 1. The van der Waals surface area contributed by atoms with Crippen molar-refractivity contribution >= 4 is 11.8 Å². The zero-order valence-corrected chi connectivity index (χ0v) is 15.0. The van der Waals surface area contributed by atoms with Gasteiger partial charge in [-0.2, -0.15) is 0 Å². The highest BCUT2D eigenvalue weighted by atomic mass is 16.5. The largest absolute Gasteiger partial charge is 0.479 e. The van der Waals surface area contributed by atoms with Crippen LogP contribution in [0.2, 0.25) is 0 Å². The van der Waals surface area contributed by atoms with Gasteiger partial charge in [0.1, 0.15) is 5.56 Å². The summed E-state index contributed by atoms with van der Waals surface area (Å²) in [4.78, 5) is 28.6. The van der Waals surface area contributed by atoms with E-state index in [9.17, 15) is 9.59 Å². The predicted octanol–water partition coefficient (Wildman–Crippen LogP) is 0.103. The van der Waals surface area contributed by atoms with Gasteiger partial charge in [-0.15, -0.1) is 5.10 Å². The number of hydrogen-bond acceptors (Lipinski definition) is 5. The van der Waals surface area contributed by atoms with E-state index in [1.54, 1.807) is 17.9 Å². The van der Waals surface area contributed by atoms with Gasteiger partial charge in [0.05, 0.1) is 7.11 Å². The molecule has 0 bridgehead atoms. The van der Waals surface area contributed by atoms with Gasteiger partial charge in [-0.3, -0.25) is 19.2 Å². The summed E-state index contributed by atoms with van der Waals surface area (Å²) < 4.78 is 6.77. The van der Waals surface area contributed by atoms with E-state index in [0.29, 0.717) is 31.1 Å². The van der Waals surface area contributed by atoms with E-state index < -0.39 is 0 Å². The number of amides is 2. The number of nitrogens with zero attached hydrogens (tertiary/aromatic N) is 4. The number of hydrogen-bond donors (Lipinski definition) is 1. The molecule has 8 heteroatoms. The molecule has 1 aliphatic carbocycles. The minimum Gasteiger partial charge on any atom is -0.479 e. The molecular formula is C17H27N5O3. The van der Waals surface area contributed by atoms with E-state index in [1.807, 2.05) is 4.90 Å². The third-order valence-corrected chi connectivity index (χ3v) is 5.08. The summed E-state index contributed by atoms with van der Waals surface area (Å²) in [5, 5.41) is 7.16. The fourth-order valence-electron chi connectivity index (χ4n) is 3.26. The highest BCUT2D eigenvalue weighted by Gasteiger charge is 2.27. The number of nitrogens with one attached hydrogen (secondary N) is 1. The maximum absolute atomic E-state index is 12.6. The molecule has 8 nitrogen and oxygen atoms in total. The van der Waals surface area contributed by atoms with E-state index in [1.165, 1.54) is 13.5 Å². The Morgan fingerprint density at radius 2 is 2.00 bits per heavy atom. The number of ether oxygens (including phenoxy) is 1. The minimum absolute atomic E-state index is 0.0390. The highest BCUT2D eigenvalue weighted by Crippen LogP contribution is 2.26. The van der Waals surface area contributed by atoms with Crippen LogP contribution in [0.25, 0.3) is 0 Å². The molecule has 3 rings (SSSR count). The summed E-state index contributed by atoms with van der Waals surface area (Å²) in [5.74, 6) is 0.768. The molecule has 1 saturated heterocycles. The quantitative estimate of drug-likeness (QED) is 0.788. The average Bonchev–Trinajstić information content (AvgIpc) is 2.94. The van der Waals surface area contributed by atoms with Gasteiger partial charge in [0.15, 0.2) is 0 Å². The molecule has 25 heavy (non-hydrogen) atoms. The Labute approximate surface area is 148 Å². The lowest BCUT2D eigenvalue weighted by Crippen LogP contribution is -2.50. The van der Waals surface area contributed by atoms with E-state index in [-0.39, 0.29) is 17.7 Å².